The molecular weight excluding hydrogens is 310 g/mol. The zero-order valence-electron chi connectivity index (χ0n) is 10.4. The number of alkyl halides is 1. The Morgan fingerprint density at radius 1 is 1.37 bits per heavy atom. The minimum atomic E-state index is -0.915. The van der Waals surface area contributed by atoms with Crippen molar-refractivity contribution < 1.29 is 14.7 Å². The maximum absolute atomic E-state index is 11.3. The standard InChI is InChI=1S/C14H16BrNO3/c15-9-5-6-11(13(7-9)16-8-17)10-3-1-2-4-12(10)14(18)19/h1-4,8-9,11,13H,5-7H2,(H,16,17)(H,18,19)/t9-,11+,13-/m1/s1. The fourth-order valence-electron chi connectivity index (χ4n) is 2.78. The van der Waals surface area contributed by atoms with E-state index in [1.807, 2.05) is 12.1 Å². The predicted octanol–water partition coefficient (Wildman–Crippen LogP) is 2.53. The first-order valence-electron chi connectivity index (χ1n) is 6.29. The Balaban J connectivity index is 2.33. The topological polar surface area (TPSA) is 66.4 Å². The number of carboxylic acids is 1. The van der Waals surface area contributed by atoms with Crippen LogP contribution in [0.4, 0.5) is 0 Å². The van der Waals surface area contributed by atoms with Crippen LogP contribution < -0.4 is 5.32 Å². The quantitative estimate of drug-likeness (QED) is 0.660. The number of carboxylic acid groups (broad SMARTS) is 1. The minimum absolute atomic E-state index is 0.0175. The molecule has 2 rings (SSSR count). The lowest BCUT2D eigenvalue weighted by Crippen LogP contribution is -2.40. The summed E-state index contributed by atoms with van der Waals surface area (Å²) >= 11 is 3.57. The Morgan fingerprint density at radius 2 is 2.11 bits per heavy atom. The Kier molecular flexibility index (Phi) is 4.58. The number of halogens is 1. The molecule has 0 saturated heterocycles. The van der Waals surface area contributed by atoms with Crippen LogP contribution in [0, 0.1) is 0 Å². The van der Waals surface area contributed by atoms with E-state index in [9.17, 15) is 14.7 Å². The van der Waals surface area contributed by atoms with Gasteiger partial charge < -0.3 is 10.4 Å². The number of nitrogens with one attached hydrogen (secondary N) is 1. The second-order valence-corrected chi connectivity index (χ2v) is 6.10. The van der Waals surface area contributed by atoms with E-state index in [0.717, 1.165) is 24.8 Å². The average Bonchev–Trinajstić information content (AvgIpc) is 2.39. The molecule has 1 aliphatic rings. The lowest BCUT2D eigenvalue weighted by atomic mass is 9.78. The third kappa shape index (κ3) is 3.15. The van der Waals surface area contributed by atoms with E-state index in [2.05, 4.69) is 21.2 Å². The summed E-state index contributed by atoms with van der Waals surface area (Å²) < 4.78 is 0. The van der Waals surface area contributed by atoms with Crippen LogP contribution in [0.1, 0.15) is 41.1 Å². The number of carbonyl (C=O) groups excluding carboxylic acids is 1. The van der Waals surface area contributed by atoms with Crippen LogP contribution in [-0.2, 0) is 4.79 Å². The van der Waals surface area contributed by atoms with E-state index in [1.165, 1.54) is 0 Å². The van der Waals surface area contributed by atoms with Gasteiger partial charge in [0.25, 0.3) is 0 Å². The van der Waals surface area contributed by atoms with Crippen molar-refractivity contribution >= 4 is 28.3 Å². The monoisotopic (exact) mass is 325 g/mol. The van der Waals surface area contributed by atoms with Crippen LogP contribution in [0.2, 0.25) is 0 Å². The van der Waals surface area contributed by atoms with E-state index in [-0.39, 0.29) is 12.0 Å². The Hall–Kier alpha value is -1.36. The van der Waals surface area contributed by atoms with Crippen LogP contribution in [0.25, 0.3) is 0 Å². The van der Waals surface area contributed by atoms with Crippen molar-refractivity contribution in [2.75, 3.05) is 0 Å². The largest absolute Gasteiger partial charge is 0.478 e. The van der Waals surface area contributed by atoms with Gasteiger partial charge in [-0.1, -0.05) is 34.1 Å². The van der Waals surface area contributed by atoms with Gasteiger partial charge in [0.05, 0.1) is 5.56 Å². The molecule has 4 nitrogen and oxygen atoms in total. The van der Waals surface area contributed by atoms with Crippen molar-refractivity contribution in [3.05, 3.63) is 35.4 Å². The van der Waals surface area contributed by atoms with Crippen molar-refractivity contribution in [3.63, 3.8) is 0 Å². The number of hydrogen-bond donors (Lipinski definition) is 2. The highest BCUT2D eigenvalue weighted by Gasteiger charge is 2.32. The first-order chi connectivity index (χ1) is 9.13. The van der Waals surface area contributed by atoms with Gasteiger partial charge in [-0.05, 0) is 30.9 Å². The predicted molar refractivity (Wildman–Crippen MR) is 75.7 cm³/mol. The highest BCUT2D eigenvalue weighted by Crippen LogP contribution is 2.37. The second kappa shape index (κ2) is 6.19. The van der Waals surface area contributed by atoms with E-state index < -0.39 is 5.97 Å². The summed E-state index contributed by atoms with van der Waals surface area (Å²) in [5, 5.41) is 12.1. The highest BCUT2D eigenvalue weighted by atomic mass is 79.9. The molecule has 1 fully saturated rings. The molecule has 0 spiro atoms. The molecule has 0 aromatic heterocycles. The number of amides is 1. The van der Waals surface area contributed by atoms with Crippen molar-refractivity contribution in [1.29, 1.82) is 0 Å². The van der Waals surface area contributed by atoms with Gasteiger partial charge in [-0.2, -0.15) is 0 Å². The smallest absolute Gasteiger partial charge is 0.335 e. The first-order valence-corrected chi connectivity index (χ1v) is 7.21. The fraction of sp³-hybridized carbons (Fsp3) is 0.429. The van der Waals surface area contributed by atoms with Crippen LogP contribution in [0.3, 0.4) is 0 Å². The van der Waals surface area contributed by atoms with Crippen molar-refractivity contribution in [1.82, 2.24) is 5.32 Å². The van der Waals surface area contributed by atoms with Crippen molar-refractivity contribution in [3.8, 4) is 0 Å². The van der Waals surface area contributed by atoms with Gasteiger partial charge in [0.2, 0.25) is 6.41 Å². The molecule has 0 heterocycles. The molecule has 102 valence electrons. The van der Waals surface area contributed by atoms with Gasteiger partial charge in [0.15, 0.2) is 0 Å². The van der Waals surface area contributed by atoms with Gasteiger partial charge in [0.1, 0.15) is 0 Å². The molecule has 0 unspecified atom stereocenters. The van der Waals surface area contributed by atoms with Crippen LogP contribution in [0.5, 0.6) is 0 Å². The number of hydrogen-bond acceptors (Lipinski definition) is 2. The molecule has 19 heavy (non-hydrogen) atoms. The minimum Gasteiger partial charge on any atom is -0.478 e. The SMILES string of the molecule is O=CN[C@@H]1C[C@H](Br)CC[C@H]1c1ccccc1C(=O)O. The summed E-state index contributed by atoms with van der Waals surface area (Å²) in [6.07, 6.45) is 3.37. The number of benzene rings is 1. The van der Waals surface area contributed by atoms with Gasteiger partial charge in [-0.3, -0.25) is 4.79 Å². The molecule has 1 aliphatic carbocycles. The van der Waals surface area contributed by atoms with Crippen LogP contribution >= 0.6 is 15.9 Å². The molecule has 1 aromatic carbocycles. The Labute approximate surface area is 120 Å². The molecule has 1 aromatic rings. The maximum Gasteiger partial charge on any atom is 0.335 e. The van der Waals surface area contributed by atoms with E-state index in [0.29, 0.717) is 16.8 Å². The summed E-state index contributed by atoms with van der Waals surface area (Å²) in [4.78, 5) is 22.4. The van der Waals surface area contributed by atoms with Gasteiger partial charge in [-0.25, -0.2) is 4.79 Å². The van der Waals surface area contributed by atoms with Crippen LogP contribution in [-0.4, -0.2) is 28.4 Å². The maximum atomic E-state index is 11.3. The fourth-order valence-corrected chi connectivity index (χ4v) is 3.45. The zero-order valence-corrected chi connectivity index (χ0v) is 12.0. The molecular formula is C14H16BrNO3. The van der Waals surface area contributed by atoms with Crippen LogP contribution in [0.15, 0.2) is 24.3 Å². The number of rotatable bonds is 4. The van der Waals surface area contributed by atoms with E-state index in [4.69, 9.17) is 0 Å². The molecule has 0 aliphatic heterocycles. The second-order valence-electron chi connectivity index (χ2n) is 4.80. The summed E-state index contributed by atoms with van der Waals surface area (Å²) in [6.45, 7) is 0. The number of carbonyl (C=O) groups is 2. The van der Waals surface area contributed by atoms with E-state index >= 15 is 0 Å². The van der Waals surface area contributed by atoms with E-state index in [1.54, 1.807) is 12.1 Å². The summed E-state index contributed by atoms with van der Waals surface area (Å²) in [5.41, 5.74) is 1.15. The molecule has 5 heteroatoms. The molecule has 0 radical (unpaired) electrons. The van der Waals surface area contributed by atoms with Gasteiger partial charge in [0, 0.05) is 16.8 Å². The molecule has 1 amide bonds. The van der Waals surface area contributed by atoms with Gasteiger partial charge in [-0.15, -0.1) is 0 Å². The van der Waals surface area contributed by atoms with Crippen molar-refractivity contribution in [2.45, 2.75) is 36.0 Å². The average molecular weight is 326 g/mol. The van der Waals surface area contributed by atoms with Gasteiger partial charge >= 0.3 is 5.97 Å². The summed E-state index contributed by atoms with van der Waals surface area (Å²) in [6, 6.07) is 7.03. The summed E-state index contributed by atoms with van der Waals surface area (Å²) in [5.74, 6) is -0.854. The third-order valence-electron chi connectivity index (χ3n) is 3.66. The summed E-state index contributed by atoms with van der Waals surface area (Å²) in [7, 11) is 0. The lowest BCUT2D eigenvalue weighted by Gasteiger charge is -2.34. The third-order valence-corrected chi connectivity index (χ3v) is 4.49. The number of aromatic carboxylic acids is 1. The zero-order chi connectivity index (χ0) is 13.8. The van der Waals surface area contributed by atoms with Crippen molar-refractivity contribution in [2.24, 2.45) is 0 Å². The Morgan fingerprint density at radius 3 is 2.79 bits per heavy atom. The molecule has 0 bridgehead atoms. The molecule has 2 N–H and O–H groups in total. The first kappa shape index (κ1) is 14.1. The normalized spacial score (nSPS) is 26.7. The Bertz CT molecular complexity index is 478. The lowest BCUT2D eigenvalue weighted by molar-refractivity contribution is -0.110. The highest BCUT2D eigenvalue weighted by molar-refractivity contribution is 9.09. The molecule has 1 saturated carbocycles. The molecule has 3 atom stereocenters.